The van der Waals surface area contributed by atoms with E-state index in [1.54, 1.807) is 0 Å². The Bertz CT molecular complexity index is 304. The van der Waals surface area contributed by atoms with Gasteiger partial charge in [0.1, 0.15) is 4.34 Å². The lowest BCUT2D eigenvalue weighted by molar-refractivity contribution is -0.0884. The van der Waals surface area contributed by atoms with E-state index in [2.05, 4.69) is 0 Å². The molecule has 1 nitrogen and oxygen atoms in total. The van der Waals surface area contributed by atoms with Crippen LogP contribution in [-0.2, 0) is 0 Å². The molecule has 12 heavy (non-hydrogen) atoms. The van der Waals surface area contributed by atoms with Gasteiger partial charge < -0.3 is 0 Å². The van der Waals surface area contributed by atoms with Gasteiger partial charge in [0.05, 0.1) is 5.56 Å². The molecule has 1 aromatic rings. The quantitative estimate of drug-likeness (QED) is 0.657. The summed E-state index contributed by atoms with van der Waals surface area (Å²) >= 11 is 6.23. The van der Waals surface area contributed by atoms with Gasteiger partial charge in [0, 0.05) is 0 Å². The highest BCUT2D eigenvalue weighted by Gasteiger charge is 2.40. The highest BCUT2D eigenvalue weighted by atomic mass is 35.5. The van der Waals surface area contributed by atoms with Crippen LogP contribution in [0.5, 0.6) is 0 Å². The zero-order chi connectivity index (χ0) is 9.35. The van der Waals surface area contributed by atoms with E-state index >= 15 is 0 Å². The number of rotatable bonds is 1. The van der Waals surface area contributed by atoms with Crippen molar-refractivity contribution < 1.29 is 18.0 Å². The van der Waals surface area contributed by atoms with Gasteiger partial charge in [0.2, 0.25) is 0 Å². The first kappa shape index (κ1) is 9.54. The lowest BCUT2D eigenvalue weighted by Gasteiger charge is -2.02. The molecule has 0 aromatic carbocycles. The van der Waals surface area contributed by atoms with Crippen LogP contribution in [0.4, 0.5) is 13.2 Å². The Morgan fingerprint density at radius 3 is 2.42 bits per heavy atom. The maximum atomic E-state index is 11.8. The Morgan fingerprint density at radius 2 is 2.08 bits per heavy atom. The topological polar surface area (TPSA) is 17.1 Å². The molecule has 1 aromatic heterocycles. The summed E-state index contributed by atoms with van der Waals surface area (Å²) in [5, 5.41) is 1.33. The lowest BCUT2D eigenvalue weighted by Crippen LogP contribution is -2.22. The highest BCUT2D eigenvalue weighted by Crippen LogP contribution is 2.29. The van der Waals surface area contributed by atoms with E-state index in [4.69, 9.17) is 11.6 Å². The number of thiophene rings is 1. The Hall–Kier alpha value is -0.550. The molecule has 0 spiro atoms. The Balaban J connectivity index is 3.01. The Labute approximate surface area is 74.8 Å². The Morgan fingerprint density at radius 1 is 1.50 bits per heavy atom. The van der Waals surface area contributed by atoms with E-state index in [9.17, 15) is 18.0 Å². The van der Waals surface area contributed by atoms with E-state index in [0.717, 1.165) is 17.4 Å². The first-order valence-electron chi connectivity index (χ1n) is 2.77. The minimum atomic E-state index is -4.84. The number of carbonyl (C=O) groups is 1. The number of carbonyl (C=O) groups excluding carboxylic acids is 1. The number of halogens is 4. The average Bonchev–Trinajstić information content (AvgIpc) is 2.31. The number of ketones is 1. The van der Waals surface area contributed by atoms with Gasteiger partial charge in [-0.25, -0.2) is 0 Å². The van der Waals surface area contributed by atoms with Crippen molar-refractivity contribution in [1.29, 1.82) is 0 Å². The van der Waals surface area contributed by atoms with Crippen molar-refractivity contribution in [3.63, 3.8) is 0 Å². The van der Waals surface area contributed by atoms with Crippen molar-refractivity contribution in [3.8, 4) is 0 Å². The summed E-state index contributed by atoms with van der Waals surface area (Å²) in [6.45, 7) is 0. The van der Waals surface area contributed by atoms with Crippen LogP contribution >= 0.6 is 22.9 Å². The summed E-state index contributed by atoms with van der Waals surface area (Å²) < 4.78 is 35.2. The SMILES string of the molecule is O=C(c1ccsc1Cl)C(F)(F)F. The zero-order valence-electron chi connectivity index (χ0n) is 5.48. The third-order valence-electron chi connectivity index (χ3n) is 1.12. The van der Waals surface area contributed by atoms with Crippen molar-refractivity contribution >= 4 is 28.7 Å². The second-order valence-corrected chi connectivity index (χ2v) is 3.45. The van der Waals surface area contributed by atoms with Crippen LogP contribution in [0.3, 0.4) is 0 Å². The smallest absolute Gasteiger partial charge is 0.284 e. The third-order valence-corrected chi connectivity index (χ3v) is 2.29. The second-order valence-electron chi connectivity index (χ2n) is 1.93. The monoisotopic (exact) mass is 214 g/mol. The molecule has 66 valence electrons. The van der Waals surface area contributed by atoms with E-state index in [0.29, 0.717) is 0 Å². The standard InChI is InChI=1S/C6H2ClF3OS/c7-5-3(1-2-12-5)4(11)6(8,9)10/h1-2H. The summed E-state index contributed by atoms with van der Waals surface area (Å²) in [4.78, 5) is 10.5. The number of hydrogen-bond donors (Lipinski definition) is 0. The van der Waals surface area contributed by atoms with Crippen molar-refractivity contribution in [2.75, 3.05) is 0 Å². The second kappa shape index (κ2) is 3.06. The van der Waals surface area contributed by atoms with E-state index in [1.807, 2.05) is 0 Å². The van der Waals surface area contributed by atoms with Crippen molar-refractivity contribution in [2.24, 2.45) is 0 Å². The molecule has 0 unspecified atom stereocenters. The van der Waals surface area contributed by atoms with Gasteiger partial charge in [-0.3, -0.25) is 4.79 Å². The molecular formula is C6H2ClF3OS. The number of alkyl halides is 3. The molecule has 0 saturated heterocycles. The van der Waals surface area contributed by atoms with Crippen molar-refractivity contribution in [1.82, 2.24) is 0 Å². The van der Waals surface area contributed by atoms with Gasteiger partial charge in [0.25, 0.3) is 5.78 Å². The van der Waals surface area contributed by atoms with Crippen LogP contribution in [0.1, 0.15) is 10.4 Å². The summed E-state index contributed by atoms with van der Waals surface area (Å²) in [6, 6.07) is 1.06. The molecule has 0 amide bonds. The molecule has 0 atom stereocenters. The Kier molecular flexibility index (Phi) is 2.44. The fourth-order valence-electron chi connectivity index (χ4n) is 0.608. The van der Waals surface area contributed by atoms with Gasteiger partial charge in [-0.15, -0.1) is 11.3 Å². The minimum Gasteiger partial charge on any atom is -0.284 e. The first-order chi connectivity index (χ1) is 5.43. The predicted molar refractivity (Wildman–Crippen MR) is 39.7 cm³/mol. The van der Waals surface area contributed by atoms with Gasteiger partial charge in [-0.2, -0.15) is 13.2 Å². The molecule has 0 N–H and O–H groups in total. The molecule has 0 radical (unpaired) electrons. The van der Waals surface area contributed by atoms with E-state index in [1.165, 1.54) is 5.38 Å². The lowest BCUT2D eigenvalue weighted by atomic mass is 10.2. The third kappa shape index (κ3) is 1.78. The molecule has 0 aliphatic carbocycles. The van der Waals surface area contributed by atoms with Crippen LogP contribution in [0.15, 0.2) is 11.4 Å². The van der Waals surface area contributed by atoms with Gasteiger partial charge >= 0.3 is 6.18 Å². The van der Waals surface area contributed by atoms with Gasteiger partial charge in [-0.05, 0) is 11.4 Å². The zero-order valence-corrected chi connectivity index (χ0v) is 7.06. The minimum absolute atomic E-state index is 0.127. The van der Waals surface area contributed by atoms with E-state index in [-0.39, 0.29) is 4.34 Å². The van der Waals surface area contributed by atoms with Gasteiger partial charge in [-0.1, -0.05) is 11.6 Å². The molecule has 1 heterocycles. The molecule has 0 aliphatic rings. The largest absolute Gasteiger partial charge is 0.454 e. The first-order valence-corrected chi connectivity index (χ1v) is 4.03. The summed E-state index contributed by atoms with van der Waals surface area (Å²) in [5.74, 6) is -1.89. The van der Waals surface area contributed by atoms with Crippen molar-refractivity contribution in [3.05, 3.63) is 21.3 Å². The summed E-state index contributed by atoms with van der Waals surface area (Å²) in [7, 11) is 0. The average molecular weight is 215 g/mol. The van der Waals surface area contributed by atoms with Gasteiger partial charge in [0.15, 0.2) is 0 Å². The summed E-state index contributed by atoms with van der Waals surface area (Å²) in [5.41, 5.74) is -0.478. The van der Waals surface area contributed by atoms with Crippen LogP contribution in [0.25, 0.3) is 0 Å². The molecular weight excluding hydrogens is 213 g/mol. The molecule has 1 rings (SSSR count). The maximum Gasteiger partial charge on any atom is 0.454 e. The molecule has 0 aliphatic heterocycles. The van der Waals surface area contributed by atoms with Crippen LogP contribution in [0, 0.1) is 0 Å². The predicted octanol–water partition coefficient (Wildman–Crippen LogP) is 3.15. The molecule has 0 saturated carbocycles. The van der Waals surface area contributed by atoms with Crippen LogP contribution in [-0.4, -0.2) is 12.0 Å². The number of Topliss-reactive ketones (excluding diaryl/α,β-unsaturated/α-hetero) is 1. The van der Waals surface area contributed by atoms with Crippen LogP contribution < -0.4 is 0 Å². The normalized spacial score (nSPS) is 11.7. The van der Waals surface area contributed by atoms with E-state index < -0.39 is 17.5 Å². The highest BCUT2D eigenvalue weighted by molar-refractivity contribution is 7.14. The molecule has 0 fully saturated rings. The summed E-state index contributed by atoms with van der Waals surface area (Å²) in [6.07, 6.45) is -4.84. The fraction of sp³-hybridized carbons (Fsp3) is 0.167. The van der Waals surface area contributed by atoms with Crippen molar-refractivity contribution in [2.45, 2.75) is 6.18 Å². The molecule has 6 heteroatoms. The fourth-order valence-corrected chi connectivity index (χ4v) is 1.52. The number of hydrogen-bond acceptors (Lipinski definition) is 2. The van der Waals surface area contributed by atoms with Crippen LogP contribution in [0.2, 0.25) is 4.34 Å². The molecule has 0 bridgehead atoms. The maximum absolute atomic E-state index is 11.8.